The number of pyridine rings is 1. The van der Waals surface area contributed by atoms with Crippen molar-refractivity contribution in [3.8, 4) is 0 Å². The van der Waals surface area contributed by atoms with E-state index in [9.17, 15) is 5.11 Å². The van der Waals surface area contributed by atoms with E-state index < -0.39 is 0 Å². The molecule has 1 aromatic carbocycles. The first-order valence-corrected chi connectivity index (χ1v) is 6.36. The van der Waals surface area contributed by atoms with E-state index in [1.807, 2.05) is 53.1 Å². The Morgan fingerprint density at radius 2 is 1.89 bits per heavy atom. The SMILES string of the molecule is OCc1ccccc1Sc1nnc2ccccn12. The van der Waals surface area contributed by atoms with E-state index in [2.05, 4.69) is 10.2 Å². The van der Waals surface area contributed by atoms with E-state index in [1.165, 1.54) is 11.8 Å². The number of benzene rings is 1. The van der Waals surface area contributed by atoms with Gasteiger partial charge >= 0.3 is 0 Å². The Balaban J connectivity index is 2.01. The van der Waals surface area contributed by atoms with Crippen LogP contribution in [0.25, 0.3) is 5.65 Å². The van der Waals surface area contributed by atoms with Crippen molar-refractivity contribution >= 4 is 17.4 Å². The van der Waals surface area contributed by atoms with Crippen molar-refractivity contribution in [2.75, 3.05) is 0 Å². The summed E-state index contributed by atoms with van der Waals surface area (Å²) < 4.78 is 1.93. The Labute approximate surface area is 108 Å². The van der Waals surface area contributed by atoms with Crippen LogP contribution in [0.1, 0.15) is 5.56 Å². The number of nitrogens with zero attached hydrogens (tertiary/aromatic N) is 3. The average Bonchev–Trinajstić information content (AvgIpc) is 2.83. The zero-order valence-electron chi connectivity index (χ0n) is 9.52. The van der Waals surface area contributed by atoms with E-state index >= 15 is 0 Å². The molecular weight excluding hydrogens is 246 g/mol. The molecule has 2 aromatic heterocycles. The smallest absolute Gasteiger partial charge is 0.200 e. The van der Waals surface area contributed by atoms with E-state index in [-0.39, 0.29) is 6.61 Å². The van der Waals surface area contributed by atoms with Gasteiger partial charge in [-0.3, -0.25) is 4.40 Å². The Kier molecular flexibility index (Phi) is 3.00. The van der Waals surface area contributed by atoms with Gasteiger partial charge in [-0.15, -0.1) is 10.2 Å². The van der Waals surface area contributed by atoms with Crippen molar-refractivity contribution in [2.24, 2.45) is 0 Å². The number of fused-ring (bicyclic) bond motifs is 1. The molecule has 0 atom stereocenters. The average molecular weight is 257 g/mol. The lowest BCUT2D eigenvalue weighted by atomic mass is 10.2. The van der Waals surface area contributed by atoms with Crippen LogP contribution in [0.5, 0.6) is 0 Å². The van der Waals surface area contributed by atoms with Gasteiger partial charge in [0.1, 0.15) is 0 Å². The molecule has 3 rings (SSSR count). The Morgan fingerprint density at radius 3 is 2.78 bits per heavy atom. The molecule has 0 aliphatic rings. The third-order valence-electron chi connectivity index (χ3n) is 2.63. The number of aliphatic hydroxyl groups excluding tert-OH is 1. The van der Waals surface area contributed by atoms with Gasteiger partial charge in [-0.05, 0) is 35.5 Å². The molecule has 2 heterocycles. The van der Waals surface area contributed by atoms with Crippen LogP contribution in [0.15, 0.2) is 58.7 Å². The van der Waals surface area contributed by atoms with Crippen LogP contribution in [0.2, 0.25) is 0 Å². The van der Waals surface area contributed by atoms with E-state index in [0.29, 0.717) is 0 Å². The summed E-state index contributed by atoms with van der Waals surface area (Å²) in [6, 6.07) is 13.5. The Hall–Kier alpha value is -1.85. The van der Waals surface area contributed by atoms with Gasteiger partial charge in [0, 0.05) is 11.1 Å². The molecule has 0 saturated carbocycles. The first-order valence-electron chi connectivity index (χ1n) is 5.55. The van der Waals surface area contributed by atoms with Gasteiger partial charge in [0.2, 0.25) is 0 Å². The van der Waals surface area contributed by atoms with E-state index in [1.54, 1.807) is 0 Å². The normalized spacial score (nSPS) is 10.9. The van der Waals surface area contributed by atoms with Gasteiger partial charge in [0.25, 0.3) is 0 Å². The Morgan fingerprint density at radius 1 is 1.06 bits per heavy atom. The summed E-state index contributed by atoms with van der Waals surface area (Å²) in [6.07, 6.45) is 1.93. The zero-order valence-corrected chi connectivity index (χ0v) is 10.3. The first-order chi connectivity index (χ1) is 8.88. The fraction of sp³-hybridized carbons (Fsp3) is 0.0769. The Bertz CT molecular complexity index is 681. The molecule has 4 nitrogen and oxygen atoms in total. The molecule has 3 aromatic rings. The summed E-state index contributed by atoms with van der Waals surface area (Å²) >= 11 is 1.50. The molecular formula is C13H11N3OS. The minimum absolute atomic E-state index is 0.0277. The number of rotatable bonds is 3. The van der Waals surface area contributed by atoms with E-state index in [0.717, 1.165) is 21.3 Å². The molecule has 0 bridgehead atoms. The number of hydrogen-bond acceptors (Lipinski definition) is 4. The maximum Gasteiger partial charge on any atom is 0.200 e. The second kappa shape index (κ2) is 4.80. The molecule has 0 saturated heterocycles. The van der Waals surface area contributed by atoms with Gasteiger partial charge in [0.05, 0.1) is 6.61 Å². The van der Waals surface area contributed by atoms with Crippen LogP contribution in [-0.2, 0) is 6.61 Å². The summed E-state index contributed by atoms with van der Waals surface area (Å²) in [6.45, 7) is 0.0277. The van der Waals surface area contributed by atoms with Crippen LogP contribution in [0.3, 0.4) is 0 Å². The van der Waals surface area contributed by atoms with Crippen LogP contribution >= 0.6 is 11.8 Å². The molecule has 0 spiro atoms. The van der Waals surface area contributed by atoms with Crippen LogP contribution in [0.4, 0.5) is 0 Å². The number of hydrogen-bond donors (Lipinski definition) is 1. The van der Waals surface area contributed by atoms with Crippen molar-refractivity contribution in [1.29, 1.82) is 0 Å². The molecule has 0 unspecified atom stereocenters. The van der Waals surface area contributed by atoms with Gasteiger partial charge in [-0.25, -0.2) is 0 Å². The van der Waals surface area contributed by atoms with Crippen molar-refractivity contribution in [3.05, 3.63) is 54.2 Å². The van der Waals surface area contributed by atoms with Crippen molar-refractivity contribution < 1.29 is 5.11 Å². The monoisotopic (exact) mass is 257 g/mol. The van der Waals surface area contributed by atoms with Crippen molar-refractivity contribution in [2.45, 2.75) is 16.7 Å². The lowest BCUT2D eigenvalue weighted by Crippen LogP contribution is -1.90. The minimum Gasteiger partial charge on any atom is -0.392 e. The third kappa shape index (κ3) is 1.98. The highest BCUT2D eigenvalue weighted by Crippen LogP contribution is 2.29. The molecule has 0 aliphatic heterocycles. The molecule has 90 valence electrons. The maximum atomic E-state index is 9.30. The summed E-state index contributed by atoms with van der Waals surface area (Å²) in [5.74, 6) is 0. The van der Waals surface area contributed by atoms with Crippen molar-refractivity contribution in [3.63, 3.8) is 0 Å². The van der Waals surface area contributed by atoms with Crippen molar-refractivity contribution in [1.82, 2.24) is 14.6 Å². The third-order valence-corrected chi connectivity index (χ3v) is 3.71. The molecule has 1 N–H and O–H groups in total. The molecule has 0 amide bonds. The van der Waals surface area contributed by atoms with E-state index in [4.69, 9.17) is 0 Å². The zero-order chi connectivity index (χ0) is 12.4. The molecule has 5 heteroatoms. The molecule has 0 radical (unpaired) electrons. The van der Waals surface area contributed by atoms with Gasteiger partial charge in [-0.1, -0.05) is 24.3 Å². The second-order valence-electron chi connectivity index (χ2n) is 3.78. The minimum atomic E-state index is 0.0277. The fourth-order valence-corrected chi connectivity index (χ4v) is 2.66. The van der Waals surface area contributed by atoms with Gasteiger partial charge in [-0.2, -0.15) is 0 Å². The summed E-state index contributed by atoms with van der Waals surface area (Å²) in [5, 5.41) is 18.4. The lowest BCUT2D eigenvalue weighted by molar-refractivity contribution is 0.279. The quantitative estimate of drug-likeness (QED) is 0.782. The first kappa shape index (κ1) is 11.3. The largest absolute Gasteiger partial charge is 0.392 e. The standard InChI is InChI=1S/C13H11N3OS/c17-9-10-5-1-2-6-11(10)18-13-15-14-12-7-3-4-8-16(12)13/h1-8,17H,9H2. The highest BCUT2D eigenvalue weighted by atomic mass is 32.2. The summed E-state index contributed by atoms with van der Waals surface area (Å²) in [7, 11) is 0. The number of aromatic nitrogens is 3. The predicted molar refractivity (Wildman–Crippen MR) is 69.5 cm³/mol. The summed E-state index contributed by atoms with van der Waals surface area (Å²) in [5.41, 5.74) is 1.72. The maximum absolute atomic E-state index is 9.30. The molecule has 0 aliphatic carbocycles. The summed E-state index contributed by atoms with van der Waals surface area (Å²) in [4.78, 5) is 0.998. The second-order valence-corrected chi connectivity index (χ2v) is 4.79. The topological polar surface area (TPSA) is 50.4 Å². The van der Waals surface area contributed by atoms with Gasteiger partial charge < -0.3 is 5.11 Å². The fourth-order valence-electron chi connectivity index (χ4n) is 1.72. The highest BCUT2D eigenvalue weighted by molar-refractivity contribution is 7.99. The van der Waals surface area contributed by atoms with Crippen LogP contribution < -0.4 is 0 Å². The molecule has 18 heavy (non-hydrogen) atoms. The number of aliphatic hydroxyl groups is 1. The van der Waals surface area contributed by atoms with Crippen LogP contribution in [-0.4, -0.2) is 19.7 Å². The molecule has 0 fully saturated rings. The highest BCUT2D eigenvalue weighted by Gasteiger charge is 2.08. The predicted octanol–water partition coefficient (Wildman–Crippen LogP) is 2.37. The van der Waals surface area contributed by atoms with Gasteiger partial charge in [0.15, 0.2) is 10.8 Å². The lowest BCUT2D eigenvalue weighted by Gasteiger charge is -2.04. The van der Waals surface area contributed by atoms with Crippen LogP contribution in [0, 0.1) is 0 Å².